The number of rotatable bonds is 1. The van der Waals surface area contributed by atoms with Crippen LogP contribution in [0, 0.1) is 0 Å². The first-order chi connectivity index (χ1) is 8.34. The molecule has 1 aliphatic heterocycles. The summed E-state index contributed by atoms with van der Waals surface area (Å²) in [5.74, 6) is 1.32. The molecule has 1 unspecified atom stereocenters. The van der Waals surface area contributed by atoms with Crippen molar-refractivity contribution in [3.63, 3.8) is 0 Å². The van der Waals surface area contributed by atoms with Gasteiger partial charge in [-0.15, -0.1) is 0 Å². The molecule has 1 atom stereocenters. The Labute approximate surface area is 101 Å². The molecule has 0 fully saturated rings. The van der Waals surface area contributed by atoms with Crippen molar-refractivity contribution in [1.29, 1.82) is 0 Å². The van der Waals surface area contributed by atoms with Gasteiger partial charge in [0.25, 0.3) is 0 Å². The lowest BCUT2D eigenvalue weighted by Gasteiger charge is -2.27. The fourth-order valence-electron chi connectivity index (χ4n) is 2.64. The van der Waals surface area contributed by atoms with Crippen molar-refractivity contribution in [2.75, 3.05) is 13.1 Å². The highest BCUT2D eigenvalue weighted by molar-refractivity contribution is 5.81. The summed E-state index contributed by atoms with van der Waals surface area (Å²) in [5.41, 5.74) is 2.31. The lowest BCUT2D eigenvalue weighted by Crippen LogP contribution is -2.37. The quantitative estimate of drug-likeness (QED) is 0.683. The highest BCUT2D eigenvalue weighted by Gasteiger charge is 2.23. The van der Waals surface area contributed by atoms with E-state index in [1.807, 2.05) is 6.07 Å². The molecule has 0 saturated heterocycles. The van der Waals surface area contributed by atoms with Crippen molar-refractivity contribution in [2.24, 2.45) is 4.99 Å². The molecule has 0 spiro atoms. The minimum absolute atomic E-state index is 0.273. The normalized spacial score (nSPS) is 22.6. The SMILES string of the molecule is Oc1cccc2c1CCCC2NC1=NCCN1. The van der Waals surface area contributed by atoms with E-state index in [1.54, 1.807) is 6.07 Å². The molecule has 17 heavy (non-hydrogen) atoms. The molecular formula is C13H17N3O. The average Bonchev–Trinajstić information content (AvgIpc) is 2.83. The Morgan fingerprint density at radius 1 is 1.41 bits per heavy atom. The van der Waals surface area contributed by atoms with E-state index in [-0.39, 0.29) is 6.04 Å². The van der Waals surface area contributed by atoms with Crippen LogP contribution in [0.25, 0.3) is 0 Å². The molecule has 1 aromatic rings. The van der Waals surface area contributed by atoms with Crippen LogP contribution >= 0.6 is 0 Å². The van der Waals surface area contributed by atoms with Crippen molar-refractivity contribution in [2.45, 2.75) is 25.3 Å². The molecule has 4 heteroatoms. The predicted octanol–water partition coefficient (Wildman–Crippen LogP) is 1.32. The van der Waals surface area contributed by atoms with Gasteiger partial charge in [0.05, 0.1) is 12.6 Å². The van der Waals surface area contributed by atoms with Crippen LogP contribution < -0.4 is 10.6 Å². The zero-order valence-electron chi connectivity index (χ0n) is 9.74. The first-order valence-corrected chi connectivity index (χ1v) is 6.20. The smallest absolute Gasteiger partial charge is 0.191 e. The first kappa shape index (κ1) is 10.4. The van der Waals surface area contributed by atoms with Gasteiger partial charge in [-0.3, -0.25) is 4.99 Å². The highest BCUT2D eigenvalue weighted by Crippen LogP contribution is 2.34. The van der Waals surface area contributed by atoms with Gasteiger partial charge in [0.2, 0.25) is 0 Å². The Bertz CT molecular complexity index is 456. The number of benzene rings is 1. The topological polar surface area (TPSA) is 56.6 Å². The van der Waals surface area contributed by atoms with Crippen LogP contribution in [0.5, 0.6) is 5.75 Å². The molecule has 3 N–H and O–H groups in total. The Morgan fingerprint density at radius 2 is 2.35 bits per heavy atom. The third-order valence-corrected chi connectivity index (χ3v) is 3.47. The minimum Gasteiger partial charge on any atom is -0.508 e. The van der Waals surface area contributed by atoms with Crippen molar-refractivity contribution >= 4 is 5.96 Å². The minimum atomic E-state index is 0.273. The molecule has 0 amide bonds. The van der Waals surface area contributed by atoms with E-state index in [0.29, 0.717) is 5.75 Å². The van der Waals surface area contributed by atoms with Gasteiger partial charge >= 0.3 is 0 Å². The van der Waals surface area contributed by atoms with Crippen molar-refractivity contribution in [1.82, 2.24) is 10.6 Å². The number of phenolic OH excluding ortho intramolecular Hbond substituents is 1. The molecule has 90 valence electrons. The van der Waals surface area contributed by atoms with Gasteiger partial charge < -0.3 is 15.7 Å². The summed E-state index contributed by atoms with van der Waals surface area (Å²) in [6.45, 7) is 1.77. The molecule has 0 saturated carbocycles. The summed E-state index contributed by atoms with van der Waals surface area (Å²) >= 11 is 0. The van der Waals surface area contributed by atoms with E-state index in [9.17, 15) is 5.11 Å². The maximum Gasteiger partial charge on any atom is 0.191 e. The van der Waals surface area contributed by atoms with Crippen LogP contribution in [0.2, 0.25) is 0 Å². The van der Waals surface area contributed by atoms with Crippen LogP contribution in [0.1, 0.15) is 30.0 Å². The molecule has 3 rings (SSSR count). The Balaban J connectivity index is 1.86. The summed E-state index contributed by atoms with van der Waals surface area (Å²) < 4.78 is 0. The van der Waals surface area contributed by atoms with Crippen LogP contribution in [-0.2, 0) is 6.42 Å². The van der Waals surface area contributed by atoms with Gasteiger partial charge in [0.15, 0.2) is 5.96 Å². The van der Waals surface area contributed by atoms with Gasteiger partial charge in [0.1, 0.15) is 5.75 Å². The Morgan fingerprint density at radius 3 is 3.18 bits per heavy atom. The third kappa shape index (κ3) is 1.95. The van der Waals surface area contributed by atoms with Crippen LogP contribution in [0.4, 0.5) is 0 Å². The Hall–Kier alpha value is -1.71. The molecule has 1 heterocycles. The lowest BCUT2D eigenvalue weighted by atomic mass is 9.87. The number of fused-ring (bicyclic) bond motifs is 1. The number of phenols is 1. The van der Waals surface area contributed by atoms with Gasteiger partial charge in [-0.25, -0.2) is 0 Å². The van der Waals surface area contributed by atoms with E-state index in [2.05, 4.69) is 21.7 Å². The third-order valence-electron chi connectivity index (χ3n) is 3.47. The Kier molecular flexibility index (Phi) is 2.63. The van der Waals surface area contributed by atoms with E-state index in [1.165, 1.54) is 5.56 Å². The number of hydrogen-bond acceptors (Lipinski definition) is 4. The van der Waals surface area contributed by atoms with Crippen LogP contribution in [0.3, 0.4) is 0 Å². The van der Waals surface area contributed by atoms with Crippen LogP contribution in [0.15, 0.2) is 23.2 Å². The summed E-state index contributed by atoms with van der Waals surface area (Å²) in [6, 6.07) is 6.06. The zero-order chi connectivity index (χ0) is 11.7. The molecule has 1 aromatic carbocycles. The zero-order valence-corrected chi connectivity index (χ0v) is 9.74. The highest BCUT2D eigenvalue weighted by atomic mass is 16.3. The van der Waals surface area contributed by atoms with E-state index in [0.717, 1.165) is 43.9 Å². The van der Waals surface area contributed by atoms with Crippen LogP contribution in [-0.4, -0.2) is 24.2 Å². The molecule has 0 bridgehead atoms. The van der Waals surface area contributed by atoms with Gasteiger partial charge in [0, 0.05) is 6.54 Å². The van der Waals surface area contributed by atoms with Crippen molar-refractivity contribution < 1.29 is 5.11 Å². The summed E-state index contributed by atoms with van der Waals surface area (Å²) in [6.07, 6.45) is 3.17. The number of hydrogen-bond donors (Lipinski definition) is 3. The number of guanidine groups is 1. The van der Waals surface area contributed by atoms with Crippen molar-refractivity contribution in [3.05, 3.63) is 29.3 Å². The summed E-state index contributed by atoms with van der Waals surface area (Å²) in [7, 11) is 0. The molecular weight excluding hydrogens is 214 g/mol. The number of nitrogens with zero attached hydrogens (tertiary/aromatic N) is 1. The van der Waals surface area contributed by atoms with Gasteiger partial charge in [-0.2, -0.15) is 0 Å². The standard InChI is InChI=1S/C13H17N3O/c17-12-6-2-3-9-10(12)4-1-5-11(9)16-13-14-7-8-15-13/h2-3,6,11,17H,1,4-5,7-8H2,(H2,14,15,16). The van der Waals surface area contributed by atoms with E-state index >= 15 is 0 Å². The maximum atomic E-state index is 9.86. The largest absolute Gasteiger partial charge is 0.508 e. The molecule has 0 radical (unpaired) electrons. The first-order valence-electron chi connectivity index (χ1n) is 6.20. The fourth-order valence-corrected chi connectivity index (χ4v) is 2.64. The maximum absolute atomic E-state index is 9.86. The molecule has 1 aliphatic carbocycles. The van der Waals surface area contributed by atoms with Crippen molar-refractivity contribution in [3.8, 4) is 5.75 Å². The average molecular weight is 231 g/mol. The monoisotopic (exact) mass is 231 g/mol. The van der Waals surface area contributed by atoms with E-state index < -0.39 is 0 Å². The molecule has 4 nitrogen and oxygen atoms in total. The summed E-state index contributed by atoms with van der Waals surface area (Å²) in [5, 5.41) is 16.5. The molecule has 0 aromatic heterocycles. The van der Waals surface area contributed by atoms with Gasteiger partial charge in [-0.05, 0) is 36.5 Å². The molecule has 2 aliphatic rings. The number of nitrogens with one attached hydrogen (secondary N) is 2. The lowest BCUT2D eigenvalue weighted by molar-refractivity contribution is 0.449. The number of aromatic hydroxyl groups is 1. The second-order valence-electron chi connectivity index (χ2n) is 4.59. The second-order valence-corrected chi connectivity index (χ2v) is 4.59. The predicted molar refractivity (Wildman–Crippen MR) is 67.2 cm³/mol. The summed E-state index contributed by atoms with van der Waals surface area (Å²) in [4.78, 5) is 4.36. The number of aliphatic imine (C=N–C) groups is 1. The van der Waals surface area contributed by atoms with E-state index in [4.69, 9.17) is 0 Å². The second kappa shape index (κ2) is 4.28. The fraction of sp³-hybridized carbons (Fsp3) is 0.462. The van der Waals surface area contributed by atoms with Gasteiger partial charge in [-0.1, -0.05) is 12.1 Å².